The lowest BCUT2D eigenvalue weighted by atomic mass is 10.1. The van der Waals surface area contributed by atoms with Gasteiger partial charge in [-0.3, -0.25) is 0 Å². The summed E-state index contributed by atoms with van der Waals surface area (Å²) in [5, 5.41) is 0. The third-order valence-corrected chi connectivity index (χ3v) is 1.62. The first-order chi connectivity index (χ1) is 6.06. The first-order valence-corrected chi connectivity index (χ1v) is 3.52. The normalized spacial score (nSPS) is 10.9. The second-order valence-electron chi connectivity index (χ2n) is 2.47. The van der Waals surface area contributed by atoms with Crippen LogP contribution in [0, 0.1) is 11.6 Å². The van der Waals surface area contributed by atoms with Gasteiger partial charge in [0.1, 0.15) is 11.6 Å². The molecule has 1 aromatic carbocycles. The number of benzene rings is 1. The van der Waals surface area contributed by atoms with Crippen molar-refractivity contribution in [1.82, 2.24) is 0 Å². The van der Waals surface area contributed by atoms with Crippen molar-refractivity contribution < 1.29 is 17.6 Å². The Morgan fingerprint density at radius 1 is 1.15 bits per heavy atom. The van der Waals surface area contributed by atoms with E-state index in [1.807, 2.05) is 0 Å². The number of hydrogen-bond donors (Lipinski definition) is 1. The van der Waals surface area contributed by atoms with E-state index >= 15 is 0 Å². The summed E-state index contributed by atoms with van der Waals surface area (Å²) in [5.74, 6) is -2.03. The van der Waals surface area contributed by atoms with Crippen molar-refractivity contribution in [2.24, 2.45) is 5.73 Å². The van der Waals surface area contributed by atoms with Crippen LogP contribution in [0.2, 0.25) is 0 Å². The van der Waals surface area contributed by atoms with E-state index in [0.29, 0.717) is 12.1 Å². The molecular weight excluding hydrogens is 186 g/mol. The minimum Gasteiger partial charge on any atom is -0.326 e. The van der Waals surface area contributed by atoms with Gasteiger partial charge in [0.2, 0.25) is 0 Å². The van der Waals surface area contributed by atoms with Gasteiger partial charge < -0.3 is 5.73 Å². The van der Waals surface area contributed by atoms with Crippen LogP contribution in [0.4, 0.5) is 17.6 Å². The molecule has 0 aliphatic heterocycles. The number of nitrogens with two attached hydrogens (primary N) is 1. The molecule has 0 radical (unpaired) electrons. The lowest BCUT2D eigenvalue weighted by Gasteiger charge is -2.05. The Morgan fingerprint density at radius 3 is 2.23 bits per heavy atom. The first kappa shape index (κ1) is 9.98. The third kappa shape index (κ3) is 1.98. The molecule has 13 heavy (non-hydrogen) atoms. The van der Waals surface area contributed by atoms with E-state index in [1.54, 1.807) is 0 Å². The lowest BCUT2D eigenvalue weighted by Crippen LogP contribution is -2.03. The number of rotatable bonds is 2. The molecule has 0 aliphatic rings. The van der Waals surface area contributed by atoms with Crippen LogP contribution < -0.4 is 5.73 Å². The zero-order chi connectivity index (χ0) is 10.0. The maximum absolute atomic E-state index is 12.8. The molecule has 1 aromatic rings. The smallest absolute Gasteiger partial charge is 0.266 e. The summed E-state index contributed by atoms with van der Waals surface area (Å²) in [6, 6.07) is 1.17. The molecular formula is C8H7F4N. The molecule has 5 heteroatoms. The molecule has 2 N–H and O–H groups in total. The van der Waals surface area contributed by atoms with Crippen LogP contribution in [0.5, 0.6) is 0 Å². The van der Waals surface area contributed by atoms with Gasteiger partial charge in [-0.1, -0.05) is 0 Å². The van der Waals surface area contributed by atoms with Gasteiger partial charge >= 0.3 is 0 Å². The highest BCUT2D eigenvalue weighted by Crippen LogP contribution is 2.24. The second kappa shape index (κ2) is 3.74. The van der Waals surface area contributed by atoms with Gasteiger partial charge in [0, 0.05) is 12.1 Å². The van der Waals surface area contributed by atoms with Crippen LogP contribution in [0.1, 0.15) is 17.6 Å². The van der Waals surface area contributed by atoms with Crippen LogP contribution in [-0.4, -0.2) is 0 Å². The van der Waals surface area contributed by atoms with Gasteiger partial charge in [-0.25, -0.2) is 17.6 Å². The monoisotopic (exact) mass is 193 g/mol. The number of alkyl halides is 2. The Morgan fingerprint density at radius 2 is 1.77 bits per heavy atom. The number of halogens is 4. The van der Waals surface area contributed by atoms with E-state index < -0.39 is 23.6 Å². The highest BCUT2D eigenvalue weighted by atomic mass is 19.3. The molecule has 0 saturated carbocycles. The summed E-state index contributed by atoms with van der Waals surface area (Å²) in [4.78, 5) is 0. The standard InChI is InChI=1S/C8H7F4N/c9-6-2-5(8(11)12)7(10)1-4(6)3-13/h1-2,8H,3,13H2. The summed E-state index contributed by atoms with van der Waals surface area (Å²) in [6.45, 7) is -0.216. The molecule has 0 amide bonds. The van der Waals surface area contributed by atoms with Crippen LogP contribution in [-0.2, 0) is 6.54 Å². The van der Waals surface area contributed by atoms with Crippen molar-refractivity contribution in [1.29, 1.82) is 0 Å². The largest absolute Gasteiger partial charge is 0.326 e. The maximum Gasteiger partial charge on any atom is 0.266 e. The zero-order valence-electron chi connectivity index (χ0n) is 6.53. The van der Waals surface area contributed by atoms with Crippen molar-refractivity contribution in [3.8, 4) is 0 Å². The SMILES string of the molecule is NCc1cc(F)c(C(F)F)cc1F. The average Bonchev–Trinajstić information content (AvgIpc) is 2.07. The molecule has 72 valence electrons. The van der Waals surface area contributed by atoms with Crippen molar-refractivity contribution in [3.63, 3.8) is 0 Å². The summed E-state index contributed by atoms with van der Waals surface area (Å²) < 4.78 is 49.6. The molecule has 0 aliphatic carbocycles. The molecule has 0 aromatic heterocycles. The van der Waals surface area contributed by atoms with Crippen molar-refractivity contribution in [2.45, 2.75) is 13.0 Å². The fourth-order valence-electron chi connectivity index (χ4n) is 0.927. The third-order valence-electron chi connectivity index (χ3n) is 1.62. The Balaban J connectivity index is 3.20. The second-order valence-corrected chi connectivity index (χ2v) is 2.47. The molecule has 0 bridgehead atoms. The zero-order valence-corrected chi connectivity index (χ0v) is 6.53. The fraction of sp³-hybridized carbons (Fsp3) is 0.250. The van der Waals surface area contributed by atoms with E-state index in [9.17, 15) is 17.6 Å². The molecule has 0 atom stereocenters. The van der Waals surface area contributed by atoms with Crippen LogP contribution >= 0.6 is 0 Å². The lowest BCUT2D eigenvalue weighted by molar-refractivity contribution is 0.145. The average molecular weight is 193 g/mol. The summed E-state index contributed by atoms with van der Waals surface area (Å²) in [5.41, 5.74) is 4.01. The fourth-order valence-corrected chi connectivity index (χ4v) is 0.927. The Labute approximate surface area is 72.2 Å². The molecule has 0 saturated heterocycles. The van der Waals surface area contributed by atoms with Crippen molar-refractivity contribution in [3.05, 3.63) is 34.9 Å². The molecule has 0 heterocycles. The first-order valence-electron chi connectivity index (χ1n) is 3.52. The van der Waals surface area contributed by atoms with Gasteiger partial charge in [0.05, 0.1) is 5.56 Å². The quantitative estimate of drug-likeness (QED) is 0.717. The molecule has 0 fully saturated rings. The van der Waals surface area contributed by atoms with Crippen molar-refractivity contribution >= 4 is 0 Å². The molecule has 1 nitrogen and oxygen atoms in total. The highest BCUT2D eigenvalue weighted by molar-refractivity contribution is 5.26. The summed E-state index contributed by atoms with van der Waals surface area (Å²) in [7, 11) is 0. The summed E-state index contributed by atoms with van der Waals surface area (Å²) in [6.07, 6.45) is -3.01. The van der Waals surface area contributed by atoms with E-state index in [0.717, 1.165) is 0 Å². The van der Waals surface area contributed by atoms with E-state index in [-0.39, 0.29) is 12.1 Å². The van der Waals surface area contributed by atoms with Gasteiger partial charge in [-0.2, -0.15) is 0 Å². The predicted molar refractivity (Wildman–Crippen MR) is 39.2 cm³/mol. The van der Waals surface area contributed by atoms with E-state index in [2.05, 4.69) is 0 Å². The van der Waals surface area contributed by atoms with Gasteiger partial charge in [0.25, 0.3) is 6.43 Å². The van der Waals surface area contributed by atoms with Crippen LogP contribution in [0.25, 0.3) is 0 Å². The molecule has 0 spiro atoms. The van der Waals surface area contributed by atoms with Gasteiger partial charge in [-0.05, 0) is 12.1 Å². The minimum absolute atomic E-state index is 0.109. The predicted octanol–water partition coefficient (Wildman–Crippen LogP) is 2.36. The van der Waals surface area contributed by atoms with Gasteiger partial charge in [0.15, 0.2) is 0 Å². The summed E-state index contributed by atoms with van der Waals surface area (Å²) >= 11 is 0. The molecule has 0 unspecified atom stereocenters. The van der Waals surface area contributed by atoms with E-state index in [4.69, 9.17) is 5.73 Å². The van der Waals surface area contributed by atoms with Crippen molar-refractivity contribution in [2.75, 3.05) is 0 Å². The van der Waals surface area contributed by atoms with Crippen LogP contribution in [0.15, 0.2) is 12.1 Å². The Hall–Kier alpha value is -1.10. The topological polar surface area (TPSA) is 26.0 Å². The number of hydrogen-bond acceptors (Lipinski definition) is 1. The Kier molecular flexibility index (Phi) is 2.87. The highest BCUT2D eigenvalue weighted by Gasteiger charge is 2.16. The van der Waals surface area contributed by atoms with E-state index in [1.165, 1.54) is 0 Å². The van der Waals surface area contributed by atoms with Crippen LogP contribution in [0.3, 0.4) is 0 Å². The molecule has 1 rings (SSSR count). The van der Waals surface area contributed by atoms with Gasteiger partial charge in [-0.15, -0.1) is 0 Å². The Bertz CT molecular complexity index is 311. The maximum atomic E-state index is 12.8. The minimum atomic E-state index is -3.01.